The minimum absolute atomic E-state index is 0.217. The number of carbonyl (C=O) groups is 1. The number of hydrogen-bond donors (Lipinski definition) is 1. The van der Waals surface area contributed by atoms with Crippen molar-refractivity contribution in [3.63, 3.8) is 0 Å². The van der Waals surface area contributed by atoms with Crippen molar-refractivity contribution in [2.45, 2.75) is 51.5 Å². The Bertz CT molecular complexity index is 492. The molecule has 0 spiro atoms. The summed E-state index contributed by atoms with van der Waals surface area (Å²) in [5.74, 6) is 0.217. The Hall–Kier alpha value is -1.51. The number of hydrogen-bond acceptors (Lipinski definition) is 2. The predicted molar refractivity (Wildman–Crippen MR) is 82.2 cm³/mol. The molecule has 1 aliphatic heterocycles. The van der Waals surface area contributed by atoms with E-state index in [0.717, 1.165) is 25.1 Å². The van der Waals surface area contributed by atoms with Crippen molar-refractivity contribution in [2.75, 3.05) is 18.4 Å². The minimum atomic E-state index is 0.217. The fourth-order valence-electron chi connectivity index (χ4n) is 3.56. The van der Waals surface area contributed by atoms with E-state index in [-0.39, 0.29) is 5.91 Å². The number of benzene rings is 1. The highest BCUT2D eigenvalue weighted by Crippen LogP contribution is 2.26. The first-order valence-electron chi connectivity index (χ1n) is 7.97. The Kier molecular flexibility index (Phi) is 3.95. The van der Waals surface area contributed by atoms with Gasteiger partial charge in [-0.2, -0.15) is 0 Å². The van der Waals surface area contributed by atoms with E-state index in [1.165, 1.54) is 43.4 Å². The van der Waals surface area contributed by atoms with Crippen molar-refractivity contribution in [3.05, 3.63) is 29.3 Å². The van der Waals surface area contributed by atoms with Gasteiger partial charge >= 0.3 is 0 Å². The molecule has 0 saturated heterocycles. The second kappa shape index (κ2) is 5.86. The van der Waals surface area contributed by atoms with Crippen LogP contribution in [0.1, 0.15) is 54.9 Å². The lowest BCUT2D eigenvalue weighted by Crippen LogP contribution is -2.41. The first kappa shape index (κ1) is 13.5. The third kappa shape index (κ3) is 2.54. The number of nitrogens with zero attached hydrogens (tertiary/aromatic N) is 1. The average molecular weight is 272 g/mol. The number of carbonyl (C=O) groups excluding carboxylic acids is 1. The van der Waals surface area contributed by atoms with Gasteiger partial charge in [0.05, 0.1) is 0 Å². The topological polar surface area (TPSA) is 32.3 Å². The molecule has 1 heterocycles. The summed E-state index contributed by atoms with van der Waals surface area (Å²) in [5.41, 5.74) is 3.35. The third-order valence-electron chi connectivity index (χ3n) is 4.68. The van der Waals surface area contributed by atoms with Gasteiger partial charge in [0.2, 0.25) is 0 Å². The SMILES string of the molecule is CCN(C(=O)c1ccc2c(c1)CCN2)C1CCCCC1. The highest BCUT2D eigenvalue weighted by molar-refractivity contribution is 5.95. The number of nitrogens with one attached hydrogen (secondary N) is 1. The van der Waals surface area contributed by atoms with Crippen LogP contribution in [0.2, 0.25) is 0 Å². The molecule has 1 fully saturated rings. The Labute approximate surface area is 121 Å². The summed E-state index contributed by atoms with van der Waals surface area (Å²) in [4.78, 5) is 14.9. The largest absolute Gasteiger partial charge is 0.384 e. The van der Waals surface area contributed by atoms with E-state index in [4.69, 9.17) is 0 Å². The quantitative estimate of drug-likeness (QED) is 0.914. The summed E-state index contributed by atoms with van der Waals surface area (Å²) in [6, 6.07) is 6.57. The maximum Gasteiger partial charge on any atom is 0.254 e. The van der Waals surface area contributed by atoms with E-state index < -0.39 is 0 Å². The summed E-state index contributed by atoms with van der Waals surface area (Å²) in [7, 11) is 0. The molecule has 3 rings (SSSR count). The summed E-state index contributed by atoms with van der Waals surface area (Å²) < 4.78 is 0. The molecular weight excluding hydrogens is 248 g/mol. The summed E-state index contributed by atoms with van der Waals surface area (Å²) in [5, 5.41) is 3.35. The molecule has 1 saturated carbocycles. The molecule has 0 radical (unpaired) electrons. The second-order valence-corrected chi connectivity index (χ2v) is 5.93. The zero-order valence-corrected chi connectivity index (χ0v) is 12.3. The van der Waals surface area contributed by atoms with Gasteiger partial charge in [-0.1, -0.05) is 19.3 Å². The summed E-state index contributed by atoms with van der Waals surface area (Å²) >= 11 is 0. The minimum Gasteiger partial charge on any atom is -0.384 e. The second-order valence-electron chi connectivity index (χ2n) is 5.93. The molecule has 0 atom stereocenters. The van der Waals surface area contributed by atoms with Gasteiger partial charge < -0.3 is 10.2 Å². The van der Waals surface area contributed by atoms with E-state index in [1.54, 1.807) is 0 Å². The Morgan fingerprint density at radius 2 is 2.10 bits per heavy atom. The fourth-order valence-corrected chi connectivity index (χ4v) is 3.56. The number of anilines is 1. The van der Waals surface area contributed by atoms with Crippen LogP contribution in [0.15, 0.2) is 18.2 Å². The number of amides is 1. The van der Waals surface area contributed by atoms with Crippen LogP contribution in [0.3, 0.4) is 0 Å². The van der Waals surface area contributed by atoms with Gasteiger partial charge in [0.1, 0.15) is 0 Å². The van der Waals surface area contributed by atoms with E-state index in [2.05, 4.69) is 29.3 Å². The van der Waals surface area contributed by atoms with Gasteiger partial charge in [-0.25, -0.2) is 0 Å². The van der Waals surface area contributed by atoms with Crippen LogP contribution in [-0.4, -0.2) is 29.9 Å². The van der Waals surface area contributed by atoms with Crippen molar-refractivity contribution < 1.29 is 4.79 Å². The molecule has 108 valence electrons. The van der Waals surface area contributed by atoms with E-state index in [0.29, 0.717) is 6.04 Å². The zero-order valence-electron chi connectivity index (χ0n) is 12.3. The summed E-state index contributed by atoms with van der Waals surface area (Å²) in [6.45, 7) is 3.91. The van der Waals surface area contributed by atoms with Gasteiger partial charge in [0, 0.05) is 30.4 Å². The van der Waals surface area contributed by atoms with Gasteiger partial charge in [0.25, 0.3) is 5.91 Å². The van der Waals surface area contributed by atoms with Crippen LogP contribution in [-0.2, 0) is 6.42 Å². The Balaban J connectivity index is 1.79. The molecule has 3 heteroatoms. The molecule has 3 nitrogen and oxygen atoms in total. The van der Waals surface area contributed by atoms with Gasteiger partial charge in [-0.05, 0) is 49.9 Å². The zero-order chi connectivity index (χ0) is 13.9. The van der Waals surface area contributed by atoms with Crippen molar-refractivity contribution in [2.24, 2.45) is 0 Å². The van der Waals surface area contributed by atoms with Crippen molar-refractivity contribution in [3.8, 4) is 0 Å². The molecule has 20 heavy (non-hydrogen) atoms. The maximum absolute atomic E-state index is 12.8. The average Bonchev–Trinajstić information content (AvgIpc) is 2.96. The Morgan fingerprint density at radius 3 is 2.85 bits per heavy atom. The van der Waals surface area contributed by atoms with E-state index in [1.807, 2.05) is 6.07 Å². The van der Waals surface area contributed by atoms with Crippen LogP contribution in [0.5, 0.6) is 0 Å². The first-order valence-corrected chi connectivity index (χ1v) is 7.97. The molecule has 0 bridgehead atoms. The molecule has 0 unspecified atom stereocenters. The van der Waals surface area contributed by atoms with Crippen molar-refractivity contribution in [1.29, 1.82) is 0 Å². The van der Waals surface area contributed by atoms with E-state index in [9.17, 15) is 4.79 Å². The molecule has 1 aromatic carbocycles. The van der Waals surface area contributed by atoms with E-state index >= 15 is 0 Å². The molecule has 2 aliphatic rings. The predicted octanol–water partition coefficient (Wildman–Crippen LogP) is 3.45. The lowest BCUT2D eigenvalue weighted by atomic mass is 9.93. The molecule has 0 aromatic heterocycles. The first-order chi connectivity index (χ1) is 9.79. The molecular formula is C17H24N2O. The van der Waals surface area contributed by atoms with Crippen LogP contribution < -0.4 is 5.32 Å². The molecule has 1 amide bonds. The molecule has 1 N–H and O–H groups in total. The van der Waals surface area contributed by atoms with Gasteiger partial charge in [-0.15, -0.1) is 0 Å². The fraction of sp³-hybridized carbons (Fsp3) is 0.588. The standard InChI is InChI=1S/C17H24N2O/c1-2-19(15-6-4-3-5-7-15)17(20)14-8-9-16-13(12-14)10-11-18-16/h8-9,12,15,18H,2-7,10-11H2,1H3. The monoisotopic (exact) mass is 272 g/mol. The lowest BCUT2D eigenvalue weighted by molar-refractivity contribution is 0.0648. The van der Waals surface area contributed by atoms with Crippen molar-refractivity contribution in [1.82, 2.24) is 4.90 Å². The Morgan fingerprint density at radius 1 is 1.30 bits per heavy atom. The molecule has 1 aliphatic carbocycles. The number of rotatable bonds is 3. The molecule has 1 aromatic rings. The van der Waals surface area contributed by atoms with Gasteiger partial charge in [0.15, 0.2) is 0 Å². The van der Waals surface area contributed by atoms with Gasteiger partial charge in [-0.3, -0.25) is 4.79 Å². The third-order valence-corrected chi connectivity index (χ3v) is 4.68. The lowest BCUT2D eigenvalue weighted by Gasteiger charge is -2.33. The van der Waals surface area contributed by atoms with Crippen LogP contribution in [0.25, 0.3) is 0 Å². The smallest absolute Gasteiger partial charge is 0.254 e. The normalized spacial score (nSPS) is 18.4. The summed E-state index contributed by atoms with van der Waals surface area (Å²) in [6.07, 6.45) is 7.24. The van der Waals surface area contributed by atoms with Crippen LogP contribution >= 0.6 is 0 Å². The number of fused-ring (bicyclic) bond motifs is 1. The van der Waals surface area contributed by atoms with Crippen molar-refractivity contribution >= 4 is 11.6 Å². The highest BCUT2D eigenvalue weighted by Gasteiger charge is 2.25. The van der Waals surface area contributed by atoms with Crippen LogP contribution in [0.4, 0.5) is 5.69 Å². The highest BCUT2D eigenvalue weighted by atomic mass is 16.2. The van der Waals surface area contributed by atoms with Crippen LogP contribution in [0, 0.1) is 0 Å². The maximum atomic E-state index is 12.8.